The van der Waals surface area contributed by atoms with Crippen molar-refractivity contribution in [3.63, 3.8) is 0 Å². The molecule has 0 radical (unpaired) electrons. The van der Waals surface area contributed by atoms with Gasteiger partial charge in [0, 0.05) is 31.6 Å². The zero-order valence-corrected chi connectivity index (χ0v) is 18.1. The number of rotatable bonds is 4. The maximum Gasteiger partial charge on any atom is 0.254 e. The van der Waals surface area contributed by atoms with Crippen molar-refractivity contribution in [1.82, 2.24) is 9.88 Å². The molecule has 1 aliphatic rings. The van der Waals surface area contributed by atoms with E-state index in [0.29, 0.717) is 13.1 Å². The highest BCUT2D eigenvalue weighted by Crippen LogP contribution is 2.30. The minimum absolute atomic E-state index is 0.0658. The minimum atomic E-state index is 0.0658. The fraction of sp³-hybridized carbons (Fsp3) is 0.200. The van der Waals surface area contributed by atoms with Gasteiger partial charge in [-0.15, -0.1) is 11.3 Å². The monoisotopic (exact) mass is 429 g/mol. The quantitative estimate of drug-likeness (QED) is 0.461. The van der Waals surface area contributed by atoms with Gasteiger partial charge in [0.15, 0.2) is 0 Å². The van der Waals surface area contributed by atoms with Crippen molar-refractivity contribution in [3.05, 3.63) is 77.7 Å². The topological polar surface area (TPSA) is 45.7 Å². The number of methoxy groups -OCH3 is 1. The van der Waals surface area contributed by atoms with Gasteiger partial charge in [-0.05, 0) is 35.7 Å². The number of anilines is 1. The summed E-state index contributed by atoms with van der Waals surface area (Å²) in [5.41, 5.74) is 3.50. The highest BCUT2D eigenvalue weighted by Gasteiger charge is 2.25. The molecule has 6 heteroatoms. The van der Waals surface area contributed by atoms with E-state index in [1.54, 1.807) is 18.4 Å². The standard InChI is InChI=1S/C25H23N3O2S/c1-30-23-10-5-4-9-22(23)27-12-14-28(15-13-27)25(29)19-17-21(24-11-6-16-31-24)26-20-8-3-2-7-18(19)20/h2-11,16-17H,12-15H2,1H3. The van der Waals surface area contributed by atoms with Crippen LogP contribution in [0.5, 0.6) is 5.75 Å². The van der Waals surface area contributed by atoms with Gasteiger partial charge >= 0.3 is 0 Å². The van der Waals surface area contributed by atoms with Crippen LogP contribution in [0.1, 0.15) is 10.4 Å². The molecule has 156 valence electrons. The van der Waals surface area contributed by atoms with Gasteiger partial charge in [0.05, 0.1) is 34.4 Å². The van der Waals surface area contributed by atoms with Crippen molar-refractivity contribution in [2.45, 2.75) is 0 Å². The predicted octanol–water partition coefficient (Wildman–Crippen LogP) is 4.93. The molecule has 1 amide bonds. The lowest BCUT2D eigenvalue weighted by Gasteiger charge is -2.36. The van der Waals surface area contributed by atoms with Gasteiger partial charge in [0.25, 0.3) is 5.91 Å². The molecule has 4 aromatic rings. The van der Waals surface area contributed by atoms with E-state index in [1.165, 1.54) is 0 Å². The van der Waals surface area contributed by atoms with E-state index >= 15 is 0 Å². The van der Waals surface area contributed by atoms with E-state index in [4.69, 9.17) is 9.72 Å². The van der Waals surface area contributed by atoms with Crippen LogP contribution in [0.3, 0.4) is 0 Å². The van der Waals surface area contributed by atoms with Crippen molar-refractivity contribution in [1.29, 1.82) is 0 Å². The summed E-state index contributed by atoms with van der Waals surface area (Å²) < 4.78 is 5.51. The van der Waals surface area contributed by atoms with Crippen molar-refractivity contribution < 1.29 is 9.53 Å². The number of benzene rings is 2. The summed E-state index contributed by atoms with van der Waals surface area (Å²) in [5, 5.41) is 2.94. The Labute approximate surface area is 185 Å². The van der Waals surface area contributed by atoms with Crippen LogP contribution in [0.2, 0.25) is 0 Å². The Kier molecular flexibility index (Phi) is 5.30. The molecule has 0 N–H and O–H groups in total. The fourth-order valence-electron chi connectivity index (χ4n) is 4.11. The number of para-hydroxylation sites is 3. The average Bonchev–Trinajstić information content (AvgIpc) is 3.38. The van der Waals surface area contributed by atoms with Crippen LogP contribution in [0.15, 0.2) is 72.1 Å². The number of aromatic nitrogens is 1. The number of pyridine rings is 1. The molecule has 0 spiro atoms. The van der Waals surface area contributed by atoms with Gasteiger partial charge in [-0.3, -0.25) is 4.79 Å². The first-order chi connectivity index (χ1) is 15.2. The molecule has 0 bridgehead atoms. The van der Waals surface area contributed by atoms with Crippen LogP contribution in [-0.4, -0.2) is 49.1 Å². The molecule has 1 saturated heterocycles. The summed E-state index contributed by atoms with van der Waals surface area (Å²) in [7, 11) is 1.69. The van der Waals surface area contributed by atoms with Crippen LogP contribution in [0, 0.1) is 0 Å². The number of ether oxygens (including phenoxy) is 1. The summed E-state index contributed by atoms with van der Waals surface area (Å²) in [4.78, 5) is 23.7. The Hall–Kier alpha value is -3.38. The van der Waals surface area contributed by atoms with E-state index in [-0.39, 0.29) is 5.91 Å². The van der Waals surface area contributed by atoms with Crippen LogP contribution >= 0.6 is 11.3 Å². The summed E-state index contributed by atoms with van der Waals surface area (Å²) in [5.74, 6) is 0.930. The SMILES string of the molecule is COc1ccccc1N1CCN(C(=O)c2cc(-c3cccs3)nc3ccccc23)CC1. The molecule has 0 saturated carbocycles. The van der Waals surface area contributed by atoms with E-state index in [1.807, 2.05) is 70.9 Å². The Balaban J connectivity index is 1.42. The van der Waals surface area contributed by atoms with Gasteiger partial charge in [-0.1, -0.05) is 36.4 Å². The van der Waals surface area contributed by atoms with Crippen LogP contribution < -0.4 is 9.64 Å². The molecule has 31 heavy (non-hydrogen) atoms. The molecule has 2 aromatic heterocycles. The summed E-state index contributed by atoms with van der Waals surface area (Å²) in [6, 6.07) is 21.9. The Morgan fingerprint density at radius 1 is 0.968 bits per heavy atom. The Morgan fingerprint density at radius 2 is 1.74 bits per heavy atom. The Bertz CT molecular complexity index is 1210. The van der Waals surface area contributed by atoms with E-state index in [9.17, 15) is 4.79 Å². The molecule has 0 unspecified atom stereocenters. The number of carbonyl (C=O) groups is 1. The second-order valence-corrected chi connectivity index (χ2v) is 8.45. The average molecular weight is 430 g/mol. The maximum absolute atomic E-state index is 13.6. The van der Waals surface area contributed by atoms with Crippen LogP contribution in [-0.2, 0) is 0 Å². The zero-order valence-electron chi connectivity index (χ0n) is 17.3. The molecular weight excluding hydrogens is 406 g/mol. The Morgan fingerprint density at radius 3 is 2.52 bits per heavy atom. The predicted molar refractivity (Wildman–Crippen MR) is 126 cm³/mol. The minimum Gasteiger partial charge on any atom is -0.495 e. The van der Waals surface area contributed by atoms with Crippen LogP contribution in [0.25, 0.3) is 21.5 Å². The first-order valence-electron chi connectivity index (χ1n) is 10.4. The molecular formula is C25H23N3O2S. The van der Waals surface area contributed by atoms with Gasteiger partial charge in [0.2, 0.25) is 0 Å². The van der Waals surface area contributed by atoms with Crippen molar-refractivity contribution in [2.75, 3.05) is 38.2 Å². The second kappa shape index (κ2) is 8.40. The molecule has 1 aliphatic heterocycles. The lowest BCUT2D eigenvalue weighted by Crippen LogP contribution is -2.49. The fourth-order valence-corrected chi connectivity index (χ4v) is 4.80. The number of nitrogens with zero attached hydrogens (tertiary/aromatic N) is 3. The number of thiophene rings is 1. The third-order valence-corrected chi connectivity index (χ3v) is 6.61. The van der Waals surface area contributed by atoms with Gasteiger partial charge < -0.3 is 14.5 Å². The lowest BCUT2D eigenvalue weighted by molar-refractivity contribution is 0.0748. The smallest absolute Gasteiger partial charge is 0.254 e. The first-order valence-corrected chi connectivity index (χ1v) is 11.2. The van der Waals surface area contributed by atoms with Crippen LogP contribution in [0.4, 0.5) is 5.69 Å². The third kappa shape index (κ3) is 3.75. The normalized spacial score (nSPS) is 14.1. The summed E-state index contributed by atoms with van der Waals surface area (Å²) >= 11 is 1.64. The number of carbonyl (C=O) groups excluding carboxylic acids is 1. The highest BCUT2D eigenvalue weighted by atomic mass is 32.1. The van der Waals surface area contributed by atoms with Crippen molar-refractivity contribution in [2.24, 2.45) is 0 Å². The molecule has 0 atom stereocenters. The number of amides is 1. The largest absolute Gasteiger partial charge is 0.495 e. The van der Waals surface area contributed by atoms with Crippen molar-refractivity contribution >= 4 is 33.8 Å². The maximum atomic E-state index is 13.6. The van der Waals surface area contributed by atoms with Gasteiger partial charge in [-0.25, -0.2) is 4.98 Å². The van der Waals surface area contributed by atoms with E-state index < -0.39 is 0 Å². The molecule has 1 fully saturated rings. The molecule has 5 nitrogen and oxygen atoms in total. The third-order valence-electron chi connectivity index (χ3n) is 5.71. The highest BCUT2D eigenvalue weighted by molar-refractivity contribution is 7.13. The molecule has 0 aliphatic carbocycles. The van der Waals surface area contributed by atoms with E-state index in [2.05, 4.69) is 11.0 Å². The first kappa shape index (κ1) is 19.6. The van der Waals surface area contributed by atoms with E-state index in [0.717, 1.165) is 51.6 Å². The second-order valence-electron chi connectivity index (χ2n) is 7.50. The van der Waals surface area contributed by atoms with Gasteiger partial charge in [0.1, 0.15) is 5.75 Å². The number of hydrogen-bond donors (Lipinski definition) is 0. The number of piperazine rings is 1. The molecule has 3 heterocycles. The van der Waals surface area contributed by atoms with Gasteiger partial charge in [-0.2, -0.15) is 0 Å². The summed E-state index contributed by atoms with van der Waals surface area (Å²) in [6.45, 7) is 2.88. The number of fused-ring (bicyclic) bond motifs is 1. The molecule has 5 rings (SSSR count). The van der Waals surface area contributed by atoms with Crippen molar-refractivity contribution in [3.8, 4) is 16.3 Å². The number of hydrogen-bond acceptors (Lipinski definition) is 5. The lowest BCUT2D eigenvalue weighted by atomic mass is 10.1. The molecule has 2 aromatic carbocycles. The zero-order chi connectivity index (χ0) is 21.2. The summed E-state index contributed by atoms with van der Waals surface area (Å²) in [6.07, 6.45) is 0.